The minimum absolute atomic E-state index is 0.0294. The second kappa shape index (κ2) is 5.61. The number of rotatable bonds is 3. The highest BCUT2D eigenvalue weighted by Gasteiger charge is 2.49. The molecule has 11 heteroatoms. The molecule has 1 heterocycles. The molecular weight excluding hydrogens is 445 g/mol. The number of nitrogens with zero attached hydrogens (tertiary/aromatic N) is 2. The second-order valence-corrected chi connectivity index (χ2v) is 6.99. The van der Waals surface area contributed by atoms with Crippen LogP contribution in [0.25, 0.3) is 5.69 Å². The van der Waals surface area contributed by atoms with Crippen LogP contribution < -0.4 is 4.18 Å². The molecule has 0 radical (unpaired) electrons. The number of hydrogen-bond donors (Lipinski definition) is 0. The first-order chi connectivity index (χ1) is 9.60. The summed E-state index contributed by atoms with van der Waals surface area (Å²) in [6, 6.07) is 6.65. The van der Waals surface area contributed by atoms with Gasteiger partial charge in [-0.1, -0.05) is 15.9 Å². The van der Waals surface area contributed by atoms with Gasteiger partial charge in [-0.15, -0.1) is 5.10 Å². The predicted octanol–water partition coefficient (Wildman–Crippen LogP) is 3.63. The van der Waals surface area contributed by atoms with Crippen LogP contribution in [0, 0.1) is 0 Å². The number of halogens is 5. The van der Waals surface area contributed by atoms with E-state index < -0.39 is 21.5 Å². The van der Waals surface area contributed by atoms with E-state index in [1.807, 2.05) is 0 Å². The van der Waals surface area contributed by atoms with Crippen molar-refractivity contribution >= 4 is 42.0 Å². The van der Waals surface area contributed by atoms with Crippen LogP contribution in [0.4, 0.5) is 13.2 Å². The van der Waals surface area contributed by atoms with Crippen LogP contribution in [0.1, 0.15) is 0 Å². The topological polar surface area (TPSA) is 61.2 Å². The summed E-state index contributed by atoms with van der Waals surface area (Å²) in [6.07, 6.45) is 1.28. The van der Waals surface area contributed by atoms with Crippen LogP contribution in [0.5, 0.6) is 5.88 Å². The first-order valence-electron chi connectivity index (χ1n) is 5.12. The van der Waals surface area contributed by atoms with Crippen molar-refractivity contribution in [1.29, 1.82) is 0 Å². The summed E-state index contributed by atoms with van der Waals surface area (Å²) < 4.78 is 64.6. The monoisotopic (exact) mass is 448 g/mol. The number of benzene rings is 1. The van der Waals surface area contributed by atoms with Gasteiger partial charge in [0.2, 0.25) is 0 Å². The Balaban J connectivity index is 2.35. The summed E-state index contributed by atoms with van der Waals surface area (Å²) in [5, 5.41) is 3.66. The third kappa shape index (κ3) is 3.58. The van der Waals surface area contributed by atoms with E-state index in [0.717, 1.165) is 4.47 Å². The van der Waals surface area contributed by atoms with E-state index in [1.54, 1.807) is 24.3 Å². The molecule has 5 nitrogen and oxygen atoms in total. The predicted molar refractivity (Wildman–Crippen MR) is 74.6 cm³/mol. The Labute approximate surface area is 134 Å². The van der Waals surface area contributed by atoms with E-state index in [0.29, 0.717) is 5.69 Å². The summed E-state index contributed by atoms with van der Waals surface area (Å²) in [6.45, 7) is 0. The van der Waals surface area contributed by atoms with Gasteiger partial charge < -0.3 is 4.18 Å². The van der Waals surface area contributed by atoms with Gasteiger partial charge in [-0.2, -0.15) is 21.6 Å². The van der Waals surface area contributed by atoms with Gasteiger partial charge in [0.1, 0.15) is 4.47 Å². The maximum atomic E-state index is 12.3. The Kier molecular flexibility index (Phi) is 4.36. The molecular formula is C10H5Br2F3N2O3S. The average molecular weight is 450 g/mol. The quantitative estimate of drug-likeness (QED) is 0.530. The van der Waals surface area contributed by atoms with Crippen LogP contribution >= 0.6 is 31.9 Å². The van der Waals surface area contributed by atoms with Gasteiger partial charge in [0.15, 0.2) is 0 Å². The smallest absolute Gasteiger partial charge is 0.352 e. The SMILES string of the molecule is O=S(=O)(Oc1nn(-c2ccc(Br)cc2)cc1Br)C(F)(F)F. The van der Waals surface area contributed by atoms with Gasteiger partial charge >= 0.3 is 15.6 Å². The fourth-order valence-corrected chi connectivity index (χ4v) is 2.42. The molecule has 0 spiro atoms. The Morgan fingerprint density at radius 2 is 1.71 bits per heavy atom. The van der Waals surface area contributed by atoms with Crippen molar-refractivity contribution in [1.82, 2.24) is 9.78 Å². The highest BCUT2D eigenvalue weighted by molar-refractivity contribution is 9.10. The van der Waals surface area contributed by atoms with Gasteiger partial charge in [0, 0.05) is 10.7 Å². The van der Waals surface area contributed by atoms with Crippen molar-refractivity contribution < 1.29 is 25.8 Å². The van der Waals surface area contributed by atoms with Crippen molar-refractivity contribution in [3.8, 4) is 11.6 Å². The number of aromatic nitrogens is 2. The van der Waals surface area contributed by atoms with Crippen molar-refractivity contribution in [2.24, 2.45) is 0 Å². The molecule has 0 aliphatic heterocycles. The number of hydrogen-bond acceptors (Lipinski definition) is 4. The Hall–Kier alpha value is -1.07. The zero-order chi connectivity index (χ0) is 15.8. The molecule has 2 aromatic rings. The molecule has 0 fully saturated rings. The molecule has 2 rings (SSSR count). The summed E-state index contributed by atoms with van der Waals surface area (Å²) in [7, 11) is -5.76. The highest BCUT2D eigenvalue weighted by atomic mass is 79.9. The third-order valence-electron chi connectivity index (χ3n) is 2.20. The third-order valence-corrected chi connectivity index (χ3v) is 4.22. The van der Waals surface area contributed by atoms with Gasteiger partial charge in [-0.05, 0) is 40.2 Å². The molecule has 0 N–H and O–H groups in total. The average Bonchev–Trinajstić information content (AvgIpc) is 2.70. The van der Waals surface area contributed by atoms with Gasteiger partial charge in [0.05, 0.1) is 5.69 Å². The maximum Gasteiger partial charge on any atom is 0.534 e. The summed E-state index contributed by atoms with van der Waals surface area (Å²) >= 11 is 6.13. The van der Waals surface area contributed by atoms with Crippen LogP contribution in [0.3, 0.4) is 0 Å². The van der Waals surface area contributed by atoms with E-state index in [2.05, 4.69) is 41.1 Å². The van der Waals surface area contributed by atoms with Gasteiger partial charge in [0.25, 0.3) is 5.88 Å². The van der Waals surface area contributed by atoms with E-state index in [9.17, 15) is 21.6 Å². The molecule has 0 bridgehead atoms. The van der Waals surface area contributed by atoms with E-state index >= 15 is 0 Å². The Morgan fingerprint density at radius 1 is 1.14 bits per heavy atom. The van der Waals surface area contributed by atoms with E-state index in [-0.39, 0.29) is 4.47 Å². The Bertz CT molecular complexity index is 757. The normalized spacial score (nSPS) is 12.4. The lowest BCUT2D eigenvalue weighted by molar-refractivity contribution is -0.0501. The molecule has 1 aromatic heterocycles. The minimum atomic E-state index is -5.76. The fraction of sp³-hybridized carbons (Fsp3) is 0.100. The number of alkyl halides is 3. The maximum absolute atomic E-state index is 12.3. The Morgan fingerprint density at radius 3 is 2.24 bits per heavy atom. The highest BCUT2D eigenvalue weighted by Crippen LogP contribution is 2.31. The van der Waals surface area contributed by atoms with Crippen molar-refractivity contribution in [2.45, 2.75) is 5.51 Å². The lowest BCUT2D eigenvalue weighted by Gasteiger charge is -2.07. The van der Waals surface area contributed by atoms with Crippen molar-refractivity contribution in [2.75, 3.05) is 0 Å². The van der Waals surface area contributed by atoms with Crippen LogP contribution in [0.15, 0.2) is 39.4 Å². The van der Waals surface area contributed by atoms with Crippen molar-refractivity contribution in [3.05, 3.63) is 39.4 Å². The molecule has 114 valence electrons. The summed E-state index contributed by atoms with van der Waals surface area (Å²) in [5.41, 5.74) is -5.01. The van der Waals surface area contributed by atoms with E-state index in [4.69, 9.17) is 0 Å². The van der Waals surface area contributed by atoms with Gasteiger partial charge in [-0.25, -0.2) is 4.68 Å². The molecule has 0 unspecified atom stereocenters. The zero-order valence-electron chi connectivity index (χ0n) is 9.80. The van der Waals surface area contributed by atoms with Crippen LogP contribution in [-0.4, -0.2) is 23.7 Å². The molecule has 0 saturated carbocycles. The van der Waals surface area contributed by atoms with Gasteiger partial charge in [-0.3, -0.25) is 0 Å². The zero-order valence-corrected chi connectivity index (χ0v) is 13.8. The minimum Gasteiger partial charge on any atom is -0.352 e. The molecule has 1 aromatic carbocycles. The molecule has 0 saturated heterocycles. The molecule has 0 aliphatic rings. The molecule has 0 aliphatic carbocycles. The first-order valence-corrected chi connectivity index (χ1v) is 8.11. The summed E-state index contributed by atoms with van der Waals surface area (Å²) in [5.74, 6) is -0.699. The van der Waals surface area contributed by atoms with Crippen molar-refractivity contribution in [3.63, 3.8) is 0 Å². The lowest BCUT2D eigenvalue weighted by Crippen LogP contribution is -2.28. The molecule has 0 atom stereocenters. The van der Waals surface area contributed by atoms with Crippen LogP contribution in [-0.2, 0) is 10.1 Å². The molecule has 0 amide bonds. The van der Waals surface area contributed by atoms with E-state index in [1.165, 1.54) is 10.9 Å². The summed E-state index contributed by atoms with van der Waals surface area (Å²) in [4.78, 5) is 0. The lowest BCUT2D eigenvalue weighted by atomic mass is 10.3. The fourth-order valence-electron chi connectivity index (χ4n) is 1.27. The first kappa shape index (κ1) is 16.3. The second-order valence-electron chi connectivity index (χ2n) is 3.69. The largest absolute Gasteiger partial charge is 0.534 e. The standard InChI is InChI=1S/C10H5Br2F3N2O3S/c11-6-1-3-7(4-2-6)17-5-8(12)9(16-17)20-21(18,19)10(13,14)15/h1-5H. The van der Waals surface area contributed by atoms with Crippen LogP contribution in [0.2, 0.25) is 0 Å². The molecule has 21 heavy (non-hydrogen) atoms.